The number of aryl methyl sites for hydroxylation is 1. The number of β-amino-alcohol motifs (C(OH)–C–C–N with tert-alkyl or cyclic N) is 1. The van der Waals surface area contributed by atoms with Crippen LogP contribution in [-0.2, 0) is 0 Å². The van der Waals surface area contributed by atoms with Crippen molar-refractivity contribution < 1.29 is 14.3 Å². The molecule has 76 valence electrons. The van der Waals surface area contributed by atoms with E-state index in [1.807, 2.05) is 0 Å². The van der Waals surface area contributed by atoms with E-state index in [2.05, 4.69) is 0 Å². The molecule has 1 amide bonds. The first-order chi connectivity index (χ1) is 6.48. The fraction of sp³-hybridized carbons (Fsp3) is 0.500. The summed E-state index contributed by atoms with van der Waals surface area (Å²) in [6.07, 6.45) is 1.45. The fourth-order valence-electron chi connectivity index (χ4n) is 1.66. The normalized spacial score (nSPS) is 19.2. The molecule has 0 atom stereocenters. The Kier molecular flexibility index (Phi) is 1.89. The summed E-state index contributed by atoms with van der Waals surface area (Å²) in [6, 6.07) is 1.70. The number of carbonyl (C=O) groups excluding carboxylic acids is 1. The summed E-state index contributed by atoms with van der Waals surface area (Å²) in [6.45, 7) is 4.31. The van der Waals surface area contributed by atoms with Crippen LogP contribution in [0, 0.1) is 6.92 Å². The van der Waals surface area contributed by atoms with Crippen molar-refractivity contribution in [3.8, 4) is 0 Å². The van der Waals surface area contributed by atoms with Crippen molar-refractivity contribution in [3.05, 3.63) is 23.7 Å². The van der Waals surface area contributed by atoms with Crippen LogP contribution in [0.2, 0.25) is 0 Å². The van der Waals surface area contributed by atoms with Crippen LogP contribution in [0.1, 0.15) is 23.0 Å². The minimum absolute atomic E-state index is 0.0756. The van der Waals surface area contributed by atoms with Crippen LogP contribution in [0.4, 0.5) is 0 Å². The lowest BCUT2D eigenvalue weighted by molar-refractivity contribution is -0.0669. The van der Waals surface area contributed by atoms with Gasteiger partial charge in [0.2, 0.25) is 0 Å². The molecule has 1 saturated heterocycles. The van der Waals surface area contributed by atoms with Gasteiger partial charge in [0, 0.05) is 0 Å². The van der Waals surface area contributed by atoms with Gasteiger partial charge >= 0.3 is 0 Å². The van der Waals surface area contributed by atoms with Gasteiger partial charge in [0.15, 0.2) is 0 Å². The highest BCUT2D eigenvalue weighted by atomic mass is 16.3. The van der Waals surface area contributed by atoms with Gasteiger partial charge in [0.25, 0.3) is 5.91 Å². The summed E-state index contributed by atoms with van der Waals surface area (Å²) in [5.41, 5.74) is -0.160. The van der Waals surface area contributed by atoms with Gasteiger partial charge in [0.05, 0.1) is 24.3 Å². The zero-order valence-corrected chi connectivity index (χ0v) is 8.28. The van der Waals surface area contributed by atoms with E-state index in [1.165, 1.54) is 6.26 Å². The summed E-state index contributed by atoms with van der Waals surface area (Å²) in [7, 11) is 0. The van der Waals surface area contributed by atoms with Crippen LogP contribution in [0.15, 0.2) is 16.7 Å². The summed E-state index contributed by atoms with van der Waals surface area (Å²) < 4.78 is 5.05. The van der Waals surface area contributed by atoms with Crippen LogP contribution in [0.5, 0.6) is 0 Å². The van der Waals surface area contributed by atoms with Gasteiger partial charge in [-0.05, 0) is 19.9 Å². The second kappa shape index (κ2) is 2.85. The molecule has 0 spiro atoms. The van der Waals surface area contributed by atoms with E-state index in [1.54, 1.807) is 24.8 Å². The molecule has 2 heterocycles. The van der Waals surface area contributed by atoms with E-state index in [-0.39, 0.29) is 5.91 Å². The van der Waals surface area contributed by atoms with Crippen molar-refractivity contribution in [2.45, 2.75) is 19.4 Å². The Balaban J connectivity index is 2.04. The van der Waals surface area contributed by atoms with Crippen molar-refractivity contribution in [3.63, 3.8) is 0 Å². The topological polar surface area (TPSA) is 53.7 Å². The van der Waals surface area contributed by atoms with Crippen LogP contribution in [-0.4, -0.2) is 34.6 Å². The van der Waals surface area contributed by atoms with Gasteiger partial charge in [-0.3, -0.25) is 4.79 Å². The molecule has 0 radical (unpaired) electrons. The lowest BCUT2D eigenvalue weighted by Gasteiger charge is -2.43. The van der Waals surface area contributed by atoms with E-state index in [4.69, 9.17) is 4.42 Å². The summed E-state index contributed by atoms with van der Waals surface area (Å²) >= 11 is 0. The molecule has 0 unspecified atom stereocenters. The quantitative estimate of drug-likeness (QED) is 0.721. The highest BCUT2D eigenvalue weighted by Crippen LogP contribution is 2.22. The molecular weight excluding hydrogens is 182 g/mol. The SMILES string of the molecule is Cc1cc(C(=O)N2CC(C)(O)C2)co1. The van der Waals surface area contributed by atoms with E-state index in [9.17, 15) is 9.90 Å². The van der Waals surface area contributed by atoms with E-state index >= 15 is 0 Å². The van der Waals surface area contributed by atoms with E-state index in [0.29, 0.717) is 18.7 Å². The molecule has 1 aliphatic heterocycles. The van der Waals surface area contributed by atoms with Crippen LogP contribution >= 0.6 is 0 Å². The summed E-state index contributed by atoms with van der Waals surface area (Å²) in [5, 5.41) is 9.47. The molecule has 0 bridgehead atoms. The van der Waals surface area contributed by atoms with Gasteiger partial charge in [-0.15, -0.1) is 0 Å². The molecule has 1 aromatic heterocycles. The Hall–Kier alpha value is -1.29. The number of hydrogen-bond acceptors (Lipinski definition) is 3. The van der Waals surface area contributed by atoms with Gasteiger partial charge in [-0.25, -0.2) is 0 Å². The number of rotatable bonds is 1. The van der Waals surface area contributed by atoms with Crippen molar-refractivity contribution >= 4 is 5.91 Å². The zero-order valence-electron chi connectivity index (χ0n) is 8.28. The number of nitrogens with zero attached hydrogens (tertiary/aromatic N) is 1. The second-order valence-electron chi connectivity index (χ2n) is 4.10. The van der Waals surface area contributed by atoms with Crippen LogP contribution in [0.3, 0.4) is 0 Å². The third-order valence-corrected chi connectivity index (χ3v) is 2.33. The standard InChI is InChI=1S/C10H13NO3/c1-7-3-8(4-14-7)9(12)11-5-10(2,13)6-11/h3-4,13H,5-6H2,1-2H3. The smallest absolute Gasteiger partial charge is 0.257 e. The maximum absolute atomic E-state index is 11.7. The maximum atomic E-state index is 11.7. The number of carbonyl (C=O) groups is 1. The lowest BCUT2D eigenvalue weighted by atomic mass is 9.96. The third kappa shape index (κ3) is 1.53. The van der Waals surface area contributed by atoms with Gasteiger partial charge in [0.1, 0.15) is 12.0 Å². The third-order valence-electron chi connectivity index (χ3n) is 2.33. The number of hydrogen-bond donors (Lipinski definition) is 1. The van der Waals surface area contributed by atoms with Crippen molar-refractivity contribution in [1.82, 2.24) is 4.90 Å². The van der Waals surface area contributed by atoms with E-state index in [0.717, 1.165) is 5.76 Å². The monoisotopic (exact) mass is 195 g/mol. The first kappa shape index (κ1) is 9.27. The highest BCUT2D eigenvalue weighted by Gasteiger charge is 2.39. The van der Waals surface area contributed by atoms with E-state index < -0.39 is 5.60 Å². The molecule has 1 N–H and O–H groups in total. The molecule has 0 aliphatic carbocycles. The minimum Gasteiger partial charge on any atom is -0.469 e. The lowest BCUT2D eigenvalue weighted by Crippen LogP contribution is -2.61. The number of aliphatic hydroxyl groups is 1. The molecule has 1 aromatic rings. The second-order valence-corrected chi connectivity index (χ2v) is 4.10. The first-order valence-electron chi connectivity index (χ1n) is 4.55. The average Bonchev–Trinajstić information content (AvgIpc) is 2.46. The molecule has 1 aliphatic rings. The Morgan fingerprint density at radius 1 is 1.64 bits per heavy atom. The number of likely N-dealkylation sites (tertiary alicyclic amines) is 1. The van der Waals surface area contributed by atoms with Crippen LogP contribution in [0.25, 0.3) is 0 Å². The predicted octanol–water partition coefficient (Wildman–Crippen LogP) is 0.795. The number of amides is 1. The molecule has 2 rings (SSSR count). The Labute approximate surface area is 82.1 Å². The highest BCUT2D eigenvalue weighted by molar-refractivity contribution is 5.94. The van der Waals surface area contributed by atoms with Crippen molar-refractivity contribution in [2.75, 3.05) is 13.1 Å². The predicted molar refractivity (Wildman–Crippen MR) is 50.0 cm³/mol. The average molecular weight is 195 g/mol. The number of furan rings is 1. The maximum Gasteiger partial charge on any atom is 0.257 e. The van der Waals surface area contributed by atoms with Crippen molar-refractivity contribution in [1.29, 1.82) is 0 Å². The van der Waals surface area contributed by atoms with Crippen molar-refractivity contribution in [2.24, 2.45) is 0 Å². The fourth-order valence-corrected chi connectivity index (χ4v) is 1.66. The summed E-state index contributed by atoms with van der Waals surface area (Å²) in [4.78, 5) is 13.3. The zero-order chi connectivity index (χ0) is 10.3. The Morgan fingerprint density at radius 3 is 2.71 bits per heavy atom. The first-order valence-corrected chi connectivity index (χ1v) is 4.55. The molecule has 4 heteroatoms. The molecule has 0 aromatic carbocycles. The Bertz CT molecular complexity index is 359. The molecule has 0 saturated carbocycles. The summed E-state index contributed by atoms with van der Waals surface area (Å²) in [5.74, 6) is 0.647. The van der Waals surface area contributed by atoms with Crippen LogP contribution < -0.4 is 0 Å². The Morgan fingerprint density at radius 2 is 2.29 bits per heavy atom. The molecule has 1 fully saturated rings. The van der Waals surface area contributed by atoms with Gasteiger partial charge < -0.3 is 14.4 Å². The minimum atomic E-state index is -0.714. The largest absolute Gasteiger partial charge is 0.469 e. The molecule has 14 heavy (non-hydrogen) atoms. The molecular formula is C10H13NO3. The molecule has 4 nitrogen and oxygen atoms in total. The van der Waals surface area contributed by atoms with Gasteiger partial charge in [-0.2, -0.15) is 0 Å². The van der Waals surface area contributed by atoms with Gasteiger partial charge in [-0.1, -0.05) is 0 Å².